The van der Waals surface area contributed by atoms with Gasteiger partial charge in [-0.25, -0.2) is 9.97 Å². The molecule has 7 aromatic carbocycles. The van der Waals surface area contributed by atoms with Gasteiger partial charge in [-0.05, 0) is 97.6 Å². The lowest BCUT2D eigenvalue weighted by molar-refractivity contribution is 0.660. The molecule has 2 aliphatic carbocycles. The zero-order valence-electron chi connectivity index (χ0n) is 28.4. The fraction of sp³-hybridized carbons (Fsp3) is 0.106. The molecule has 1 heterocycles. The predicted molar refractivity (Wildman–Crippen MR) is 208 cm³/mol. The maximum Gasteiger partial charge on any atom is 0.160 e. The lowest BCUT2D eigenvalue weighted by Crippen LogP contribution is -2.16. The van der Waals surface area contributed by atoms with Crippen molar-refractivity contribution in [3.8, 4) is 44.6 Å². The smallest absolute Gasteiger partial charge is 0.160 e. The molecular formula is C47H35N3. The monoisotopic (exact) mass is 641 g/mol. The van der Waals surface area contributed by atoms with Crippen LogP contribution in [0, 0.1) is 0 Å². The molecule has 1 aromatic heterocycles. The lowest BCUT2D eigenvalue weighted by atomic mass is 9.82. The van der Waals surface area contributed by atoms with Gasteiger partial charge in [-0.2, -0.15) is 0 Å². The van der Waals surface area contributed by atoms with Crippen molar-refractivity contribution < 1.29 is 0 Å². The minimum atomic E-state index is -0.113. The first-order valence-corrected chi connectivity index (χ1v) is 17.4. The first kappa shape index (κ1) is 28.9. The molecule has 0 radical (unpaired) electrons. The predicted octanol–water partition coefficient (Wildman–Crippen LogP) is 11.8. The minimum Gasteiger partial charge on any atom is -0.327 e. The molecule has 0 bridgehead atoms. The Morgan fingerprint density at radius 1 is 0.520 bits per heavy atom. The molecule has 3 nitrogen and oxygen atoms in total. The van der Waals surface area contributed by atoms with E-state index in [0.29, 0.717) is 0 Å². The molecule has 0 N–H and O–H groups in total. The molecule has 0 saturated heterocycles. The molecule has 2 aliphatic rings. The van der Waals surface area contributed by atoms with E-state index in [2.05, 4.69) is 159 Å². The summed E-state index contributed by atoms with van der Waals surface area (Å²) in [5, 5.41) is 2.56. The summed E-state index contributed by atoms with van der Waals surface area (Å²) in [6.07, 6.45) is 0.903. The number of rotatable bonds is 4. The third kappa shape index (κ3) is 4.23. The normalized spacial score (nSPS) is 13.6. The van der Waals surface area contributed by atoms with Crippen LogP contribution < -0.4 is 4.90 Å². The fourth-order valence-electron chi connectivity index (χ4n) is 8.52. The van der Waals surface area contributed by atoms with E-state index in [1.165, 1.54) is 66.4 Å². The highest BCUT2D eigenvalue weighted by Gasteiger charge is 2.37. The van der Waals surface area contributed by atoms with Gasteiger partial charge in [-0.1, -0.05) is 129 Å². The number of hydrogen-bond acceptors (Lipinski definition) is 3. The number of aromatic nitrogens is 2. The Morgan fingerprint density at radius 2 is 1.14 bits per heavy atom. The van der Waals surface area contributed by atoms with E-state index >= 15 is 0 Å². The number of nitrogens with zero attached hydrogens (tertiary/aromatic N) is 3. The van der Waals surface area contributed by atoms with Crippen LogP contribution in [0.5, 0.6) is 0 Å². The van der Waals surface area contributed by atoms with Crippen molar-refractivity contribution in [2.75, 3.05) is 11.9 Å². The summed E-state index contributed by atoms with van der Waals surface area (Å²) < 4.78 is 0. The van der Waals surface area contributed by atoms with Gasteiger partial charge in [-0.3, -0.25) is 0 Å². The largest absolute Gasteiger partial charge is 0.327 e. The second-order valence-corrected chi connectivity index (χ2v) is 14.3. The van der Waals surface area contributed by atoms with Gasteiger partial charge in [0.1, 0.15) is 5.69 Å². The summed E-state index contributed by atoms with van der Waals surface area (Å²) in [7, 11) is 2.16. The summed E-state index contributed by atoms with van der Waals surface area (Å²) in [5.41, 5.74) is 17.7. The minimum absolute atomic E-state index is 0.113. The van der Waals surface area contributed by atoms with Crippen LogP contribution in [0.3, 0.4) is 0 Å². The number of para-hydroxylation sites is 2. The molecule has 50 heavy (non-hydrogen) atoms. The van der Waals surface area contributed by atoms with Crippen LogP contribution >= 0.6 is 0 Å². The second kappa shape index (κ2) is 10.7. The third-order valence-corrected chi connectivity index (χ3v) is 11.0. The van der Waals surface area contributed by atoms with Crippen LogP contribution in [0.15, 0.2) is 146 Å². The van der Waals surface area contributed by atoms with Crippen molar-refractivity contribution in [1.82, 2.24) is 9.97 Å². The molecule has 10 rings (SSSR count). The van der Waals surface area contributed by atoms with Crippen molar-refractivity contribution in [2.45, 2.75) is 25.7 Å². The summed E-state index contributed by atoms with van der Waals surface area (Å²) in [6.45, 7) is 4.66. The number of benzene rings is 7. The highest BCUT2D eigenvalue weighted by molar-refractivity contribution is 5.99. The molecule has 0 amide bonds. The molecule has 3 heteroatoms. The second-order valence-electron chi connectivity index (χ2n) is 14.3. The summed E-state index contributed by atoms with van der Waals surface area (Å²) >= 11 is 0. The van der Waals surface area contributed by atoms with Crippen LogP contribution in [-0.2, 0) is 11.8 Å². The Balaban J connectivity index is 1.21. The van der Waals surface area contributed by atoms with E-state index < -0.39 is 0 Å². The van der Waals surface area contributed by atoms with Gasteiger partial charge in [0.2, 0.25) is 0 Å². The Morgan fingerprint density at radius 3 is 1.96 bits per heavy atom. The topological polar surface area (TPSA) is 29.0 Å². The van der Waals surface area contributed by atoms with Crippen LogP contribution in [-0.4, -0.2) is 17.0 Å². The average molecular weight is 642 g/mol. The number of hydrogen-bond donors (Lipinski definition) is 0. The summed E-state index contributed by atoms with van der Waals surface area (Å²) in [6, 6.07) is 52.8. The van der Waals surface area contributed by atoms with Gasteiger partial charge in [0.25, 0.3) is 0 Å². The first-order valence-electron chi connectivity index (χ1n) is 17.4. The summed E-state index contributed by atoms with van der Waals surface area (Å²) in [5.74, 6) is 0.845. The van der Waals surface area contributed by atoms with E-state index in [1.54, 1.807) is 0 Å². The Hall–Kier alpha value is -6.06. The van der Waals surface area contributed by atoms with Crippen molar-refractivity contribution in [2.24, 2.45) is 0 Å². The standard InChI is InChI=1S/C47H35N3/c1-47(2)39-20-10-9-18-34(39)44-35(19-13-21-40(44)47)45-46(49-42-23-12-11-22-41(42)48-45)50(3)43-27-33-25-32-24-30-16-7-8-17-31(30)26-36(32)37(33)28-38(43)29-14-5-4-6-15-29/h4-24,26-28H,25H2,1-3H3. The number of fused-ring (bicyclic) bond motifs is 8. The van der Waals surface area contributed by atoms with E-state index in [0.717, 1.165) is 40.2 Å². The third-order valence-electron chi connectivity index (χ3n) is 11.0. The van der Waals surface area contributed by atoms with Gasteiger partial charge in [0.05, 0.1) is 16.7 Å². The Bertz CT molecular complexity index is 2670. The van der Waals surface area contributed by atoms with Crippen molar-refractivity contribution in [3.63, 3.8) is 0 Å². The molecule has 8 aromatic rings. The Labute approximate surface area is 292 Å². The molecule has 0 aliphatic heterocycles. The van der Waals surface area contributed by atoms with Gasteiger partial charge < -0.3 is 4.90 Å². The molecule has 0 unspecified atom stereocenters. The van der Waals surface area contributed by atoms with Gasteiger partial charge in [0, 0.05) is 23.6 Å². The summed E-state index contributed by atoms with van der Waals surface area (Å²) in [4.78, 5) is 13.1. The zero-order chi connectivity index (χ0) is 33.6. The first-order chi connectivity index (χ1) is 24.5. The lowest BCUT2D eigenvalue weighted by Gasteiger charge is -2.26. The van der Waals surface area contributed by atoms with Gasteiger partial charge in [0.15, 0.2) is 5.82 Å². The molecule has 238 valence electrons. The molecule has 0 fully saturated rings. The molecule has 0 spiro atoms. The molecular weight excluding hydrogens is 607 g/mol. The van der Waals surface area contributed by atoms with Crippen LogP contribution in [0.2, 0.25) is 0 Å². The highest BCUT2D eigenvalue weighted by atomic mass is 15.2. The van der Waals surface area contributed by atoms with Crippen LogP contribution in [0.1, 0.15) is 36.1 Å². The van der Waals surface area contributed by atoms with Gasteiger partial charge in [-0.15, -0.1) is 0 Å². The van der Waals surface area contributed by atoms with E-state index in [1.807, 2.05) is 12.1 Å². The fourth-order valence-corrected chi connectivity index (χ4v) is 8.52. The van der Waals surface area contributed by atoms with E-state index in [4.69, 9.17) is 9.97 Å². The van der Waals surface area contributed by atoms with Crippen molar-refractivity contribution >= 4 is 33.3 Å². The maximum atomic E-state index is 5.42. The molecule has 0 atom stereocenters. The van der Waals surface area contributed by atoms with Crippen LogP contribution in [0.4, 0.5) is 11.5 Å². The Kier molecular flexibility index (Phi) is 6.20. The van der Waals surface area contributed by atoms with Gasteiger partial charge >= 0.3 is 0 Å². The molecule has 0 saturated carbocycles. The highest BCUT2D eigenvalue weighted by Crippen LogP contribution is 2.53. The quantitative estimate of drug-likeness (QED) is 0.191. The zero-order valence-corrected chi connectivity index (χ0v) is 28.4. The SMILES string of the molecule is CN(c1cc2c(cc1-c1ccccc1)-c1cc3ccccc3cc1C2)c1nc2ccccc2nc1-c1cccc2c1-c1ccccc1C2(C)C. The maximum absolute atomic E-state index is 5.42. The van der Waals surface area contributed by atoms with E-state index in [-0.39, 0.29) is 5.41 Å². The number of anilines is 2. The average Bonchev–Trinajstić information content (AvgIpc) is 3.63. The van der Waals surface area contributed by atoms with Crippen molar-refractivity contribution in [1.29, 1.82) is 0 Å². The van der Waals surface area contributed by atoms with Crippen LogP contribution in [0.25, 0.3) is 66.4 Å². The van der Waals surface area contributed by atoms with E-state index in [9.17, 15) is 0 Å². The van der Waals surface area contributed by atoms with Crippen molar-refractivity contribution in [3.05, 3.63) is 168 Å².